The van der Waals surface area contributed by atoms with Crippen LogP contribution in [0.1, 0.15) is 11.1 Å². The van der Waals surface area contributed by atoms with E-state index < -0.39 is 10.8 Å². The number of rotatable bonds is 8. The molecule has 0 fully saturated rings. The summed E-state index contributed by atoms with van der Waals surface area (Å²) in [5, 5.41) is 16.7. The lowest BCUT2D eigenvalue weighted by Crippen LogP contribution is -3.11. The zero-order valence-electron chi connectivity index (χ0n) is 16.9. The van der Waals surface area contributed by atoms with Gasteiger partial charge < -0.3 is 15.5 Å². The first kappa shape index (κ1) is 22.4. The lowest BCUT2D eigenvalue weighted by molar-refractivity contribution is -0.862. The smallest absolute Gasteiger partial charge is 0.293 e. The van der Waals surface area contributed by atoms with Gasteiger partial charge in [0.05, 0.1) is 17.7 Å². The predicted octanol–water partition coefficient (Wildman–Crippen LogP) is 2.03. The summed E-state index contributed by atoms with van der Waals surface area (Å²) < 4.78 is 0. The Morgan fingerprint density at radius 3 is 2.31 bits per heavy atom. The zero-order chi connectivity index (χ0) is 21.6. The van der Waals surface area contributed by atoms with E-state index in [0.29, 0.717) is 10.5 Å². The fourth-order valence-corrected chi connectivity index (χ4v) is 3.40. The van der Waals surface area contributed by atoms with Crippen LogP contribution < -0.4 is 15.5 Å². The first-order chi connectivity index (χ1) is 13.7. The number of amides is 2. The average Bonchev–Trinajstić information content (AvgIpc) is 2.65. The third-order valence-corrected chi connectivity index (χ3v) is 5.28. The minimum atomic E-state index is -0.519. The van der Waals surface area contributed by atoms with Gasteiger partial charge in [-0.1, -0.05) is 18.2 Å². The second-order valence-electron chi connectivity index (χ2n) is 6.77. The van der Waals surface area contributed by atoms with Crippen LogP contribution >= 0.6 is 11.8 Å². The maximum Gasteiger partial charge on any atom is 0.293 e. The Bertz CT molecular complexity index is 933. The van der Waals surface area contributed by atoms with Crippen molar-refractivity contribution in [3.8, 4) is 0 Å². The summed E-state index contributed by atoms with van der Waals surface area (Å²) in [6.07, 6.45) is 1.93. The summed E-state index contributed by atoms with van der Waals surface area (Å²) in [5.74, 6) is -0.605. The number of hydrogen-bond acceptors (Lipinski definition) is 5. The number of carbonyl (C=O) groups excluding carboxylic acids is 2. The van der Waals surface area contributed by atoms with Crippen molar-refractivity contribution in [1.29, 1.82) is 0 Å². The van der Waals surface area contributed by atoms with Gasteiger partial charge in [0.25, 0.3) is 17.5 Å². The quantitative estimate of drug-likeness (QED) is 0.346. The molecule has 2 amide bonds. The van der Waals surface area contributed by atoms with Crippen molar-refractivity contribution >= 4 is 40.6 Å². The van der Waals surface area contributed by atoms with Gasteiger partial charge in [0, 0.05) is 11.0 Å². The molecule has 29 heavy (non-hydrogen) atoms. The molecule has 0 aliphatic carbocycles. The largest absolute Gasteiger partial charge is 0.322 e. The Hall–Kier alpha value is -2.91. The molecule has 0 aromatic heterocycles. The average molecular weight is 418 g/mol. The molecule has 0 bridgehead atoms. The maximum absolute atomic E-state index is 12.4. The number of carbonyl (C=O) groups is 2. The van der Waals surface area contributed by atoms with E-state index in [2.05, 4.69) is 10.6 Å². The molecule has 1 atom stereocenters. The molecule has 0 aliphatic rings. The van der Waals surface area contributed by atoms with Gasteiger partial charge in [-0.3, -0.25) is 19.7 Å². The summed E-state index contributed by atoms with van der Waals surface area (Å²) in [7, 11) is 1.72. The van der Waals surface area contributed by atoms with Crippen LogP contribution in [0.25, 0.3) is 0 Å². The van der Waals surface area contributed by atoms with Crippen molar-refractivity contribution in [1.82, 2.24) is 0 Å². The summed E-state index contributed by atoms with van der Waals surface area (Å²) in [6, 6.07) is 10.5. The number of aryl methyl sites for hydroxylation is 1. The predicted molar refractivity (Wildman–Crippen MR) is 115 cm³/mol. The molecule has 0 saturated heterocycles. The summed E-state index contributed by atoms with van der Waals surface area (Å²) in [4.78, 5) is 37.1. The number of likely N-dealkylation sites (N-methyl/N-ethyl adjacent to an activating group) is 1. The molecule has 1 unspecified atom stereocenters. The molecular weight excluding hydrogens is 392 g/mol. The first-order valence-electron chi connectivity index (χ1n) is 9.01. The number of hydrogen-bond donors (Lipinski definition) is 3. The highest BCUT2D eigenvalue weighted by Gasteiger charge is 2.21. The van der Waals surface area contributed by atoms with Gasteiger partial charge in [0.2, 0.25) is 0 Å². The van der Waals surface area contributed by atoms with Crippen LogP contribution in [-0.2, 0) is 9.59 Å². The molecule has 0 radical (unpaired) electrons. The van der Waals surface area contributed by atoms with E-state index in [9.17, 15) is 19.7 Å². The molecule has 0 saturated carbocycles. The van der Waals surface area contributed by atoms with Crippen molar-refractivity contribution in [2.75, 3.05) is 37.0 Å². The van der Waals surface area contributed by atoms with E-state index in [0.717, 1.165) is 16.1 Å². The lowest BCUT2D eigenvalue weighted by atomic mass is 10.1. The molecule has 0 heterocycles. The normalized spacial score (nSPS) is 11.6. The van der Waals surface area contributed by atoms with Crippen LogP contribution in [0.4, 0.5) is 17.1 Å². The van der Waals surface area contributed by atoms with Crippen LogP contribution in [0.3, 0.4) is 0 Å². The molecular formula is C20H25N4O4S+. The molecule has 2 rings (SSSR count). The van der Waals surface area contributed by atoms with Gasteiger partial charge in [0.15, 0.2) is 13.1 Å². The minimum Gasteiger partial charge on any atom is -0.322 e. The fourth-order valence-electron chi connectivity index (χ4n) is 2.85. The van der Waals surface area contributed by atoms with E-state index in [1.54, 1.807) is 20.0 Å². The Kier molecular flexibility index (Phi) is 7.74. The van der Waals surface area contributed by atoms with Crippen LogP contribution in [0.2, 0.25) is 0 Å². The van der Waals surface area contributed by atoms with Gasteiger partial charge in [-0.2, -0.15) is 0 Å². The number of benzene rings is 2. The molecule has 3 N–H and O–H groups in total. The third-order valence-electron chi connectivity index (χ3n) is 4.48. The summed E-state index contributed by atoms with van der Waals surface area (Å²) in [6.45, 7) is 3.64. The highest BCUT2D eigenvalue weighted by molar-refractivity contribution is 7.98. The Balaban J connectivity index is 1.98. The SMILES string of the molecule is CSc1ccccc1NC(=O)C[NH+](C)CC(=O)Nc1c([N+](=O)[O-])ccc(C)c1C. The van der Waals surface area contributed by atoms with Crippen molar-refractivity contribution in [2.24, 2.45) is 0 Å². The molecule has 154 valence electrons. The van der Waals surface area contributed by atoms with Crippen LogP contribution in [0.15, 0.2) is 41.3 Å². The van der Waals surface area contributed by atoms with E-state index in [1.807, 2.05) is 37.4 Å². The number of thioether (sulfide) groups is 1. The van der Waals surface area contributed by atoms with Gasteiger partial charge >= 0.3 is 0 Å². The summed E-state index contributed by atoms with van der Waals surface area (Å²) in [5.41, 5.74) is 2.28. The Morgan fingerprint density at radius 1 is 1.07 bits per heavy atom. The Morgan fingerprint density at radius 2 is 1.69 bits per heavy atom. The second-order valence-corrected chi connectivity index (χ2v) is 7.61. The highest BCUT2D eigenvalue weighted by Crippen LogP contribution is 2.30. The Labute approximate surface area is 173 Å². The van der Waals surface area contributed by atoms with Crippen molar-refractivity contribution < 1.29 is 19.4 Å². The number of nitro groups is 1. The standard InChI is InChI=1S/C20H24N4O4S/c1-13-9-10-16(24(27)28)20(14(13)2)22-19(26)12-23(3)11-18(25)21-15-7-5-6-8-17(15)29-4/h5-10H,11-12H2,1-4H3,(H,21,25)(H,22,26)/p+1. The van der Waals surface area contributed by atoms with Gasteiger partial charge in [-0.15, -0.1) is 11.8 Å². The molecule has 2 aromatic rings. The van der Waals surface area contributed by atoms with Gasteiger partial charge in [0.1, 0.15) is 5.69 Å². The van der Waals surface area contributed by atoms with E-state index in [4.69, 9.17) is 0 Å². The van der Waals surface area contributed by atoms with Gasteiger partial charge in [-0.25, -0.2) is 0 Å². The first-order valence-corrected chi connectivity index (χ1v) is 10.2. The number of nitro benzene ring substituents is 1. The zero-order valence-corrected chi connectivity index (χ0v) is 17.7. The van der Waals surface area contributed by atoms with E-state index in [1.165, 1.54) is 17.8 Å². The van der Waals surface area contributed by atoms with Crippen LogP contribution in [-0.4, -0.2) is 43.1 Å². The molecule has 8 nitrogen and oxygen atoms in total. The number of nitrogens with zero attached hydrogens (tertiary/aromatic N) is 1. The topological polar surface area (TPSA) is 106 Å². The molecule has 0 aliphatic heterocycles. The molecule has 0 spiro atoms. The van der Waals surface area contributed by atoms with Gasteiger partial charge in [-0.05, 0) is 43.4 Å². The lowest BCUT2D eigenvalue weighted by Gasteiger charge is -2.16. The van der Waals surface area contributed by atoms with E-state index in [-0.39, 0.29) is 30.4 Å². The second kappa shape index (κ2) is 10.0. The van der Waals surface area contributed by atoms with E-state index >= 15 is 0 Å². The number of quaternary nitrogens is 1. The molecule has 9 heteroatoms. The highest BCUT2D eigenvalue weighted by atomic mass is 32.2. The van der Waals surface area contributed by atoms with Crippen molar-refractivity contribution in [3.63, 3.8) is 0 Å². The number of anilines is 2. The van der Waals surface area contributed by atoms with Crippen molar-refractivity contribution in [3.05, 3.63) is 57.6 Å². The monoisotopic (exact) mass is 417 g/mol. The minimum absolute atomic E-state index is 0.00211. The fraction of sp³-hybridized carbons (Fsp3) is 0.300. The number of para-hydroxylation sites is 1. The van der Waals surface area contributed by atoms with Crippen molar-refractivity contribution in [2.45, 2.75) is 18.7 Å². The van der Waals surface area contributed by atoms with Crippen LogP contribution in [0, 0.1) is 24.0 Å². The number of nitrogens with one attached hydrogen (secondary N) is 3. The van der Waals surface area contributed by atoms with Crippen LogP contribution in [0.5, 0.6) is 0 Å². The summed E-state index contributed by atoms with van der Waals surface area (Å²) >= 11 is 1.53. The third kappa shape index (κ3) is 6.03. The molecule has 2 aromatic carbocycles. The maximum atomic E-state index is 12.4.